The maximum Gasteiger partial charge on any atom is 0.244 e. The monoisotopic (exact) mass is 383 g/mol. The van der Waals surface area contributed by atoms with Crippen molar-refractivity contribution in [1.82, 2.24) is 4.72 Å². The second-order valence-electron chi connectivity index (χ2n) is 5.01. The molecule has 22 heavy (non-hydrogen) atoms. The summed E-state index contributed by atoms with van der Waals surface area (Å²) in [6.45, 7) is 3.69. The number of hydrogen-bond acceptors (Lipinski definition) is 3. The molecule has 0 bridgehead atoms. The van der Waals surface area contributed by atoms with Crippen molar-refractivity contribution in [3.05, 3.63) is 58.1 Å². The highest BCUT2D eigenvalue weighted by Gasteiger charge is 2.23. The number of sulfonamides is 1. The molecular formula is C16H18BrNO3S. The number of rotatable bonds is 5. The lowest BCUT2D eigenvalue weighted by Gasteiger charge is -2.17. The number of methoxy groups -OCH3 is 1. The zero-order valence-corrected chi connectivity index (χ0v) is 15.0. The Hall–Kier alpha value is -1.37. The second-order valence-corrected chi connectivity index (χ2v) is 7.54. The summed E-state index contributed by atoms with van der Waals surface area (Å²) in [5.74, 6) is 0.327. The van der Waals surface area contributed by atoms with Crippen molar-refractivity contribution in [2.24, 2.45) is 0 Å². The Bertz CT molecular complexity index is 760. The van der Waals surface area contributed by atoms with Gasteiger partial charge in [-0.25, -0.2) is 13.1 Å². The molecule has 1 unspecified atom stereocenters. The van der Waals surface area contributed by atoms with Crippen molar-refractivity contribution >= 4 is 26.0 Å². The Morgan fingerprint density at radius 1 is 1.18 bits per heavy atom. The molecule has 118 valence electrons. The first-order chi connectivity index (χ1) is 10.3. The number of halogens is 1. The van der Waals surface area contributed by atoms with E-state index in [9.17, 15) is 8.42 Å². The lowest BCUT2D eigenvalue weighted by molar-refractivity contribution is 0.401. The molecule has 6 heteroatoms. The summed E-state index contributed by atoms with van der Waals surface area (Å²) in [6.07, 6.45) is 0. The van der Waals surface area contributed by atoms with Gasteiger partial charge < -0.3 is 4.74 Å². The Kier molecular flexibility index (Phi) is 5.26. The first-order valence-electron chi connectivity index (χ1n) is 6.76. The van der Waals surface area contributed by atoms with Gasteiger partial charge >= 0.3 is 0 Å². The van der Waals surface area contributed by atoms with Crippen LogP contribution in [0.1, 0.15) is 24.1 Å². The summed E-state index contributed by atoms with van der Waals surface area (Å²) in [6, 6.07) is 12.3. The molecule has 1 atom stereocenters. The van der Waals surface area contributed by atoms with Gasteiger partial charge in [0.1, 0.15) is 10.6 Å². The molecule has 2 aromatic carbocycles. The van der Waals surface area contributed by atoms with Crippen LogP contribution in [0.5, 0.6) is 5.75 Å². The van der Waals surface area contributed by atoms with Crippen LogP contribution in [0.15, 0.2) is 51.8 Å². The molecular weight excluding hydrogens is 366 g/mol. The smallest absolute Gasteiger partial charge is 0.244 e. The fraction of sp³-hybridized carbons (Fsp3) is 0.250. The lowest BCUT2D eigenvalue weighted by atomic mass is 10.1. The molecule has 0 aromatic heterocycles. The van der Waals surface area contributed by atoms with Crippen molar-refractivity contribution in [2.45, 2.75) is 24.8 Å². The van der Waals surface area contributed by atoms with Gasteiger partial charge in [-0.2, -0.15) is 0 Å². The highest BCUT2D eigenvalue weighted by molar-refractivity contribution is 9.10. The lowest BCUT2D eigenvalue weighted by Crippen LogP contribution is -2.27. The van der Waals surface area contributed by atoms with Gasteiger partial charge in [0.15, 0.2) is 0 Å². The van der Waals surface area contributed by atoms with Gasteiger partial charge in [-0.05, 0) is 37.1 Å². The third-order valence-corrected chi connectivity index (χ3v) is 5.78. The van der Waals surface area contributed by atoms with Crippen molar-refractivity contribution in [2.75, 3.05) is 7.11 Å². The minimum absolute atomic E-state index is 0.121. The summed E-state index contributed by atoms with van der Waals surface area (Å²) in [4.78, 5) is 0.121. The van der Waals surface area contributed by atoms with Gasteiger partial charge in [-0.1, -0.05) is 46.3 Å². The van der Waals surface area contributed by atoms with Crippen LogP contribution in [0, 0.1) is 6.92 Å². The predicted octanol–water partition coefficient (Wildman–Crippen LogP) is 3.81. The molecule has 0 aliphatic heterocycles. The molecule has 0 saturated carbocycles. The van der Waals surface area contributed by atoms with E-state index < -0.39 is 10.0 Å². The number of nitrogens with one attached hydrogen (secondary N) is 1. The Morgan fingerprint density at radius 2 is 1.82 bits per heavy atom. The van der Waals surface area contributed by atoms with Crippen LogP contribution in [0.3, 0.4) is 0 Å². The fourth-order valence-corrected chi connectivity index (χ4v) is 4.02. The van der Waals surface area contributed by atoms with E-state index >= 15 is 0 Å². The Balaban J connectivity index is 2.37. The SMILES string of the molecule is COc1cc(C)c(Br)cc1S(=O)(=O)NC(C)c1ccccc1. The highest BCUT2D eigenvalue weighted by atomic mass is 79.9. The molecule has 0 heterocycles. The molecule has 0 aliphatic rings. The van der Waals surface area contributed by atoms with Gasteiger partial charge in [-0.15, -0.1) is 0 Å². The summed E-state index contributed by atoms with van der Waals surface area (Å²) >= 11 is 3.37. The number of ether oxygens (including phenoxy) is 1. The van der Waals surface area contributed by atoms with Gasteiger partial charge in [0.25, 0.3) is 0 Å². The van der Waals surface area contributed by atoms with Crippen LogP contribution in [0.2, 0.25) is 0 Å². The molecule has 0 amide bonds. The van der Waals surface area contributed by atoms with Crippen molar-refractivity contribution in [3.8, 4) is 5.75 Å². The largest absolute Gasteiger partial charge is 0.495 e. The molecule has 1 N–H and O–H groups in total. The Morgan fingerprint density at radius 3 is 2.41 bits per heavy atom. The van der Waals surface area contributed by atoms with Crippen molar-refractivity contribution in [3.63, 3.8) is 0 Å². The number of hydrogen-bond donors (Lipinski definition) is 1. The standard InChI is InChI=1S/C16H18BrNO3S/c1-11-9-15(21-3)16(10-14(11)17)22(19,20)18-12(2)13-7-5-4-6-8-13/h4-10,12,18H,1-3H3. The summed E-state index contributed by atoms with van der Waals surface area (Å²) in [5, 5.41) is 0. The second kappa shape index (κ2) is 6.81. The van der Waals surface area contributed by atoms with E-state index in [1.807, 2.05) is 44.2 Å². The van der Waals surface area contributed by atoms with E-state index in [2.05, 4.69) is 20.7 Å². The van der Waals surface area contributed by atoms with E-state index in [0.717, 1.165) is 15.6 Å². The van der Waals surface area contributed by atoms with Crippen LogP contribution in [-0.4, -0.2) is 15.5 Å². The summed E-state index contributed by atoms with van der Waals surface area (Å²) in [7, 11) is -2.23. The normalized spacial score (nSPS) is 12.9. The summed E-state index contributed by atoms with van der Waals surface area (Å²) in [5.41, 5.74) is 1.81. The molecule has 2 rings (SSSR count). The van der Waals surface area contributed by atoms with Gasteiger partial charge in [0.05, 0.1) is 7.11 Å². The zero-order valence-electron chi connectivity index (χ0n) is 12.6. The quantitative estimate of drug-likeness (QED) is 0.853. The average Bonchev–Trinajstić information content (AvgIpc) is 2.49. The Labute approximate surface area is 139 Å². The van der Waals surface area contributed by atoms with Gasteiger partial charge in [-0.3, -0.25) is 0 Å². The first-order valence-corrected chi connectivity index (χ1v) is 9.04. The summed E-state index contributed by atoms with van der Waals surface area (Å²) < 4.78 is 33.9. The van der Waals surface area contributed by atoms with Crippen LogP contribution in [0.4, 0.5) is 0 Å². The van der Waals surface area contributed by atoms with E-state index in [1.54, 1.807) is 12.1 Å². The van der Waals surface area contributed by atoms with E-state index in [4.69, 9.17) is 4.74 Å². The number of benzene rings is 2. The molecule has 0 fully saturated rings. The minimum atomic E-state index is -3.69. The van der Waals surface area contributed by atoms with Gasteiger partial charge in [0, 0.05) is 10.5 Å². The topological polar surface area (TPSA) is 55.4 Å². The third kappa shape index (κ3) is 3.69. The maximum absolute atomic E-state index is 12.6. The van der Waals surface area contributed by atoms with Crippen molar-refractivity contribution < 1.29 is 13.2 Å². The van der Waals surface area contributed by atoms with E-state index in [1.165, 1.54) is 7.11 Å². The van der Waals surface area contributed by atoms with Crippen LogP contribution in [-0.2, 0) is 10.0 Å². The molecule has 0 saturated heterocycles. The highest BCUT2D eigenvalue weighted by Crippen LogP contribution is 2.31. The minimum Gasteiger partial charge on any atom is -0.495 e. The molecule has 4 nitrogen and oxygen atoms in total. The van der Waals surface area contributed by atoms with Crippen LogP contribution >= 0.6 is 15.9 Å². The first kappa shape index (κ1) is 17.0. The predicted molar refractivity (Wildman–Crippen MR) is 90.6 cm³/mol. The third-order valence-electron chi connectivity index (χ3n) is 3.37. The fourth-order valence-electron chi connectivity index (χ4n) is 2.11. The van der Waals surface area contributed by atoms with Crippen LogP contribution in [0.25, 0.3) is 0 Å². The average molecular weight is 384 g/mol. The maximum atomic E-state index is 12.6. The van der Waals surface area contributed by atoms with Crippen LogP contribution < -0.4 is 9.46 Å². The van der Waals surface area contributed by atoms with E-state index in [0.29, 0.717) is 5.75 Å². The van der Waals surface area contributed by atoms with Gasteiger partial charge in [0.2, 0.25) is 10.0 Å². The molecule has 0 radical (unpaired) electrons. The number of aryl methyl sites for hydroxylation is 1. The molecule has 0 aliphatic carbocycles. The zero-order chi connectivity index (χ0) is 16.3. The van der Waals surface area contributed by atoms with Crippen molar-refractivity contribution in [1.29, 1.82) is 0 Å². The molecule has 0 spiro atoms. The van der Waals surface area contributed by atoms with E-state index in [-0.39, 0.29) is 10.9 Å². The molecule has 2 aromatic rings.